The van der Waals surface area contributed by atoms with Crippen molar-refractivity contribution in [2.24, 2.45) is 0 Å². The quantitative estimate of drug-likeness (QED) is 0.404. The van der Waals surface area contributed by atoms with Crippen LogP contribution in [0.2, 0.25) is 0 Å². The van der Waals surface area contributed by atoms with E-state index in [1.54, 1.807) is 14.2 Å². The first kappa shape index (κ1) is 23.6. The van der Waals surface area contributed by atoms with Gasteiger partial charge in [-0.2, -0.15) is 0 Å². The fourth-order valence-corrected chi connectivity index (χ4v) is 4.44. The maximum Gasteiger partial charge on any atom is 0.161 e. The number of aromatic nitrogens is 2. The Hall–Kier alpha value is -3.51. The van der Waals surface area contributed by atoms with Crippen molar-refractivity contribution in [1.29, 1.82) is 0 Å². The third kappa shape index (κ3) is 4.59. The molecule has 5 rings (SSSR count). The molecule has 6 nitrogen and oxygen atoms in total. The number of nitrogens with one attached hydrogen (secondary N) is 2. The number of aromatic amines is 1. The zero-order chi connectivity index (χ0) is 24.1. The average Bonchev–Trinajstić information content (AvgIpc) is 3.25. The molecule has 2 aromatic heterocycles. The predicted molar refractivity (Wildman–Crippen MR) is 141 cm³/mol. The second-order valence-electron chi connectivity index (χ2n) is 8.10. The van der Waals surface area contributed by atoms with Crippen molar-refractivity contribution in [2.75, 3.05) is 45.3 Å². The molecule has 1 aliphatic heterocycles. The Morgan fingerprint density at radius 2 is 1.53 bits per heavy atom. The molecule has 1 saturated heterocycles. The summed E-state index contributed by atoms with van der Waals surface area (Å²) in [6.07, 6.45) is 1.98. The maximum absolute atomic E-state index is 5.49. The van der Waals surface area contributed by atoms with Crippen LogP contribution >= 0.6 is 0 Å². The summed E-state index contributed by atoms with van der Waals surface area (Å²) in [6, 6.07) is 16.9. The number of benzene rings is 2. The van der Waals surface area contributed by atoms with Crippen molar-refractivity contribution in [3.63, 3.8) is 0 Å². The van der Waals surface area contributed by atoms with E-state index in [1.807, 2.05) is 32.2 Å². The molecule has 178 valence electrons. The Kier molecular flexibility index (Phi) is 7.38. The van der Waals surface area contributed by atoms with E-state index in [-0.39, 0.29) is 0 Å². The lowest BCUT2D eigenvalue weighted by molar-refractivity contribution is 0.355. The van der Waals surface area contributed by atoms with Crippen LogP contribution in [0.4, 0.5) is 5.82 Å². The fourth-order valence-electron chi connectivity index (χ4n) is 4.44. The highest BCUT2D eigenvalue weighted by atomic mass is 16.5. The molecule has 0 saturated carbocycles. The van der Waals surface area contributed by atoms with Crippen molar-refractivity contribution in [1.82, 2.24) is 15.3 Å². The van der Waals surface area contributed by atoms with E-state index in [4.69, 9.17) is 14.5 Å². The summed E-state index contributed by atoms with van der Waals surface area (Å²) in [7, 11) is 3.31. The molecule has 34 heavy (non-hydrogen) atoms. The van der Waals surface area contributed by atoms with Crippen molar-refractivity contribution >= 4 is 16.7 Å². The summed E-state index contributed by atoms with van der Waals surface area (Å²) in [4.78, 5) is 10.7. The first-order chi connectivity index (χ1) is 16.7. The van der Waals surface area contributed by atoms with E-state index in [9.17, 15) is 0 Å². The summed E-state index contributed by atoms with van der Waals surface area (Å²) >= 11 is 0. The number of ether oxygens (including phenoxy) is 2. The van der Waals surface area contributed by atoms with Crippen LogP contribution in [0, 0.1) is 6.92 Å². The lowest BCUT2D eigenvalue weighted by Crippen LogP contribution is -2.43. The number of methoxy groups -OCH3 is 2. The van der Waals surface area contributed by atoms with Gasteiger partial charge in [0.05, 0.1) is 14.2 Å². The largest absolute Gasteiger partial charge is 0.493 e. The molecular formula is C28H34N4O2. The molecule has 2 N–H and O–H groups in total. The number of rotatable bonds is 5. The third-order valence-corrected chi connectivity index (χ3v) is 6.25. The first-order valence-electron chi connectivity index (χ1n) is 11.9. The molecular weight excluding hydrogens is 424 g/mol. The third-order valence-electron chi connectivity index (χ3n) is 6.25. The van der Waals surface area contributed by atoms with Crippen LogP contribution in [0.1, 0.15) is 19.4 Å². The van der Waals surface area contributed by atoms with E-state index in [0.29, 0.717) is 0 Å². The second kappa shape index (κ2) is 10.6. The molecule has 0 spiro atoms. The van der Waals surface area contributed by atoms with Gasteiger partial charge in [-0.1, -0.05) is 26.0 Å². The zero-order valence-corrected chi connectivity index (χ0v) is 20.7. The van der Waals surface area contributed by atoms with Gasteiger partial charge < -0.3 is 24.7 Å². The molecule has 2 aromatic carbocycles. The van der Waals surface area contributed by atoms with Crippen LogP contribution in [0.25, 0.3) is 33.3 Å². The second-order valence-corrected chi connectivity index (χ2v) is 8.10. The average molecular weight is 459 g/mol. The number of H-pyrrole nitrogens is 1. The molecule has 0 amide bonds. The monoisotopic (exact) mass is 458 g/mol. The van der Waals surface area contributed by atoms with E-state index >= 15 is 0 Å². The molecule has 0 radical (unpaired) electrons. The summed E-state index contributed by atoms with van der Waals surface area (Å²) in [6.45, 7) is 10.2. The minimum Gasteiger partial charge on any atom is -0.493 e. The highest BCUT2D eigenvalue weighted by Gasteiger charge is 2.14. The van der Waals surface area contributed by atoms with Gasteiger partial charge in [0, 0.05) is 60.1 Å². The van der Waals surface area contributed by atoms with E-state index in [1.165, 1.54) is 10.9 Å². The van der Waals surface area contributed by atoms with Gasteiger partial charge in [-0.25, -0.2) is 4.98 Å². The Balaban J connectivity index is 0.00000133. The standard InChI is InChI=1S/C26H28N4O2.C2H6/c1-17-21-7-4-18(20-6-9-25(28-16-20)30-12-10-27-11-13-30)14-22(21)29-26(17)19-5-8-23(31-2)24(15-19)32-3;1-2/h4-9,14-16,27,29H,10-13H2,1-3H3;1-2H3. The molecule has 3 heterocycles. The molecule has 1 fully saturated rings. The Morgan fingerprint density at radius 3 is 2.21 bits per heavy atom. The highest BCUT2D eigenvalue weighted by Crippen LogP contribution is 2.36. The van der Waals surface area contributed by atoms with Crippen molar-refractivity contribution in [3.8, 4) is 33.9 Å². The molecule has 0 unspecified atom stereocenters. The maximum atomic E-state index is 5.49. The summed E-state index contributed by atoms with van der Waals surface area (Å²) in [5, 5.41) is 4.59. The Labute approximate surface area is 201 Å². The summed E-state index contributed by atoms with van der Waals surface area (Å²) in [5.41, 5.74) is 6.75. The summed E-state index contributed by atoms with van der Waals surface area (Å²) < 4.78 is 10.9. The van der Waals surface area contributed by atoms with Crippen molar-refractivity contribution in [3.05, 3.63) is 60.3 Å². The molecule has 0 bridgehead atoms. The van der Waals surface area contributed by atoms with Crippen LogP contribution in [0.5, 0.6) is 11.5 Å². The van der Waals surface area contributed by atoms with Crippen molar-refractivity contribution in [2.45, 2.75) is 20.8 Å². The van der Waals surface area contributed by atoms with Gasteiger partial charge in [-0.05, 0) is 54.4 Å². The molecule has 1 aliphatic rings. The van der Waals surface area contributed by atoms with Crippen molar-refractivity contribution < 1.29 is 9.47 Å². The number of pyridine rings is 1. The van der Waals surface area contributed by atoms with Crippen LogP contribution < -0.4 is 19.7 Å². The molecule has 4 aromatic rings. The minimum atomic E-state index is 0.722. The lowest BCUT2D eigenvalue weighted by Gasteiger charge is -2.28. The topological polar surface area (TPSA) is 62.4 Å². The normalized spacial score (nSPS) is 13.4. The van der Waals surface area contributed by atoms with E-state index < -0.39 is 0 Å². The van der Waals surface area contributed by atoms with E-state index in [2.05, 4.69) is 58.5 Å². The predicted octanol–water partition coefficient (Wildman–Crippen LogP) is 5.66. The molecule has 0 atom stereocenters. The fraction of sp³-hybridized carbons (Fsp3) is 0.321. The molecule has 0 aliphatic carbocycles. The first-order valence-corrected chi connectivity index (χ1v) is 11.9. The zero-order valence-electron chi connectivity index (χ0n) is 20.7. The number of piperazine rings is 1. The molecule has 6 heteroatoms. The van der Waals surface area contributed by atoms with Gasteiger partial charge in [0.2, 0.25) is 0 Å². The minimum absolute atomic E-state index is 0.722. The number of anilines is 1. The number of hydrogen-bond acceptors (Lipinski definition) is 5. The summed E-state index contributed by atoms with van der Waals surface area (Å²) in [5.74, 6) is 2.49. The Bertz CT molecular complexity index is 1240. The number of fused-ring (bicyclic) bond motifs is 1. The number of nitrogens with zero attached hydrogens (tertiary/aromatic N) is 2. The number of aryl methyl sites for hydroxylation is 1. The number of hydrogen-bond donors (Lipinski definition) is 2. The van der Waals surface area contributed by atoms with E-state index in [0.717, 1.165) is 71.4 Å². The van der Waals surface area contributed by atoms with Gasteiger partial charge in [0.1, 0.15) is 5.82 Å². The van der Waals surface area contributed by atoms with Gasteiger partial charge in [0.25, 0.3) is 0 Å². The van der Waals surface area contributed by atoms with Gasteiger partial charge in [-0.15, -0.1) is 0 Å². The van der Waals surface area contributed by atoms with Crippen LogP contribution in [0.3, 0.4) is 0 Å². The van der Waals surface area contributed by atoms with Gasteiger partial charge in [-0.3, -0.25) is 0 Å². The van der Waals surface area contributed by atoms with Crippen LogP contribution in [0.15, 0.2) is 54.7 Å². The van der Waals surface area contributed by atoms with Gasteiger partial charge >= 0.3 is 0 Å². The van der Waals surface area contributed by atoms with Crippen LogP contribution in [-0.2, 0) is 0 Å². The van der Waals surface area contributed by atoms with Crippen LogP contribution in [-0.4, -0.2) is 50.4 Å². The SMILES string of the molecule is CC.COc1ccc(-c2[nH]c3cc(-c4ccc(N5CCNCC5)nc4)ccc3c2C)cc1OC. The van der Waals surface area contributed by atoms with Gasteiger partial charge in [0.15, 0.2) is 11.5 Å². The Morgan fingerprint density at radius 1 is 0.824 bits per heavy atom. The lowest BCUT2D eigenvalue weighted by atomic mass is 10.0. The smallest absolute Gasteiger partial charge is 0.161 e. The highest BCUT2D eigenvalue weighted by molar-refractivity contribution is 5.93.